The fourth-order valence-corrected chi connectivity index (χ4v) is 7.62. The number of fused-ring (bicyclic) bond motifs is 4. The van der Waals surface area contributed by atoms with Crippen molar-refractivity contribution in [1.29, 1.82) is 0 Å². The second kappa shape index (κ2) is 9.06. The SMILES string of the molecule is CC(Oc1ccc2[nH]nc(-c3ccc(N4CC5CCC(C4)N5S(C)(=O)=O)nc3)c2c1)c1ccnc2[nH]ccc12. The molecule has 5 aromatic rings. The monoisotopic (exact) mass is 543 g/mol. The van der Waals surface area contributed by atoms with Crippen molar-refractivity contribution >= 4 is 37.8 Å². The Hall–Kier alpha value is -3.96. The highest BCUT2D eigenvalue weighted by molar-refractivity contribution is 7.88. The van der Waals surface area contributed by atoms with E-state index in [4.69, 9.17) is 9.72 Å². The van der Waals surface area contributed by atoms with E-state index in [0.717, 1.165) is 63.2 Å². The van der Waals surface area contributed by atoms with Crippen molar-refractivity contribution < 1.29 is 13.2 Å². The summed E-state index contributed by atoms with van der Waals surface area (Å²) in [4.78, 5) is 14.5. The van der Waals surface area contributed by atoms with Gasteiger partial charge in [-0.3, -0.25) is 5.10 Å². The number of sulfonamides is 1. The highest BCUT2D eigenvalue weighted by atomic mass is 32.2. The predicted molar refractivity (Wildman–Crippen MR) is 150 cm³/mol. The van der Waals surface area contributed by atoms with Gasteiger partial charge in [0.15, 0.2) is 0 Å². The number of pyridine rings is 2. The largest absolute Gasteiger partial charge is 0.486 e. The zero-order valence-corrected chi connectivity index (χ0v) is 22.5. The Balaban J connectivity index is 1.12. The smallest absolute Gasteiger partial charge is 0.211 e. The number of anilines is 1. The van der Waals surface area contributed by atoms with Gasteiger partial charge in [-0.25, -0.2) is 18.4 Å². The average molecular weight is 544 g/mol. The Labute approximate surface area is 226 Å². The second-order valence-corrected chi connectivity index (χ2v) is 12.4. The minimum atomic E-state index is -3.20. The number of rotatable bonds is 6. The standard InChI is InChI=1S/C28H29N7O3S/c1-17(22-9-11-29-28-23(22)10-12-30-28)38-21-6-7-25-24(13-21)27(33-32-25)18-3-8-26(31-14-18)34-15-19-4-5-20(16-34)35(19)39(2,36)37/h3,6-14,17,19-20H,4-5,15-16H2,1-2H3,(H,29,30)(H,32,33). The first-order chi connectivity index (χ1) is 18.8. The molecule has 3 atom stereocenters. The van der Waals surface area contributed by atoms with Gasteiger partial charge in [-0.05, 0) is 62.2 Å². The van der Waals surface area contributed by atoms with Crippen LogP contribution in [-0.4, -0.2) is 69.3 Å². The lowest BCUT2D eigenvalue weighted by molar-refractivity contribution is 0.229. The van der Waals surface area contributed by atoms with Gasteiger partial charge in [-0.15, -0.1) is 0 Å². The van der Waals surface area contributed by atoms with Gasteiger partial charge in [-0.1, -0.05) is 0 Å². The summed E-state index contributed by atoms with van der Waals surface area (Å²) in [5.41, 5.74) is 4.53. The van der Waals surface area contributed by atoms with Crippen molar-refractivity contribution in [3.8, 4) is 17.0 Å². The molecule has 3 unspecified atom stereocenters. The number of piperazine rings is 1. The van der Waals surface area contributed by atoms with E-state index >= 15 is 0 Å². The second-order valence-electron chi connectivity index (χ2n) is 10.5. The molecule has 10 nitrogen and oxygen atoms in total. The molecule has 2 aliphatic rings. The van der Waals surface area contributed by atoms with E-state index in [9.17, 15) is 8.42 Å². The number of nitrogens with zero attached hydrogens (tertiary/aromatic N) is 5. The third-order valence-corrected chi connectivity index (χ3v) is 9.28. The molecule has 2 aliphatic heterocycles. The molecule has 2 saturated heterocycles. The number of hydrogen-bond acceptors (Lipinski definition) is 7. The van der Waals surface area contributed by atoms with Crippen LogP contribution in [0.4, 0.5) is 5.82 Å². The summed E-state index contributed by atoms with van der Waals surface area (Å²) in [6.07, 6.45) is 8.45. The van der Waals surface area contributed by atoms with Gasteiger partial charge in [0.05, 0.1) is 11.8 Å². The van der Waals surface area contributed by atoms with Crippen LogP contribution in [0.5, 0.6) is 5.75 Å². The molecule has 39 heavy (non-hydrogen) atoms. The van der Waals surface area contributed by atoms with Crippen molar-refractivity contribution in [2.45, 2.75) is 38.0 Å². The quantitative estimate of drug-likeness (QED) is 0.328. The minimum absolute atomic E-state index is 0.0109. The fraction of sp³-hybridized carbons (Fsp3) is 0.321. The molecule has 2 N–H and O–H groups in total. The summed E-state index contributed by atoms with van der Waals surface area (Å²) in [5.74, 6) is 1.61. The Morgan fingerprint density at radius 3 is 2.59 bits per heavy atom. The van der Waals surface area contributed by atoms with Gasteiger partial charge >= 0.3 is 0 Å². The number of nitrogens with one attached hydrogen (secondary N) is 2. The van der Waals surface area contributed by atoms with Crippen molar-refractivity contribution in [2.75, 3.05) is 24.2 Å². The molecule has 7 rings (SSSR count). The zero-order valence-electron chi connectivity index (χ0n) is 21.7. The lowest BCUT2D eigenvalue weighted by atomic mass is 10.1. The molecular weight excluding hydrogens is 514 g/mol. The summed E-state index contributed by atoms with van der Waals surface area (Å²) in [7, 11) is -3.20. The molecule has 2 fully saturated rings. The maximum Gasteiger partial charge on any atom is 0.211 e. The van der Waals surface area contributed by atoms with E-state index in [1.54, 1.807) is 10.5 Å². The molecule has 0 spiro atoms. The number of ether oxygens (including phenoxy) is 1. The van der Waals surface area contributed by atoms with E-state index in [1.807, 2.05) is 61.8 Å². The lowest BCUT2D eigenvalue weighted by Crippen LogP contribution is -2.55. The van der Waals surface area contributed by atoms with Crippen LogP contribution in [0, 0.1) is 0 Å². The molecule has 6 heterocycles. The molecule has 0 amide bonds. The molecule has 2 bridgehead atoms. The van der Waals surface area contributed by atoms with Crippen LogP contribution < -0.4 is 9.64 Å². The van der Waals surface area contributed by atoms with E-state index in [2.05, 4.69) is 25.1 Å². The Kier molecular flexibility index (Phi) is 5.60. The number of hydrogen-bond donors (Lipinski definition) is 2. The molecule has 4 aromatic heterocycles. The Morgan fingerprint density at radius 1 is 1.03 bits per heavy atom. The van der Waals surface area contributed by atoms with Gasteiger partial charge in [0.2, 0.25) is 10.0 Å². The van der Waals surface area contributed by atoms with Crippen LogP contribution in [0.1, 0.15) is 31.4 Å². The zero-order chi connectivity index (χ0) is 26.7. The van der Waals surface area contributed by atoms with Crippen molar-refractivity contribution in [1.82, 2.24) is 29.5 Å². The molecule has 0 saturated carbocycles. The third-order valence-electron chi connectivity index (χ3n) is 7.92. The van der Waals surface area contributed by atoms with Gasteiger partial charge in [-0.2, -0.15) is 9.40 Å². The highest BCUT2D eigenvalue weighted by Crippen LogP contribution is 2.35. The summed E-state index contributed by atoms with van der Waals surface area (Å²) in [6, 6.07) is 14.0. The fourth-order valence-electron chi connectivity index (χ4n) is 6.20. The van der Waals surface area contributed by atoms with Gasteiger partial charge in [0.25, 0.3) is 0 Å². The molecule has 0 radical (unpaired) electrons. The topological polar surface area (TPSA) is 120 Å². The number of H-pyrrole nitrogens is 2. The normalized spacial score (nSPS) is 20.6. The van der Waals surface area contributed by atoms with Gasteiger partial charge < -0.3 is 14.6 Å². The Morgan fingerprint density at radius 2 is 1.85 bits per heavy atom. The van der Waals surface area contributed by atoms with Crippen LogP contribution in [0.25, 0.3) is 33.2 Å². The van der Waals surface area contributed by atoms with Gasteiger partial charge in [0.1, 0.15) is 29.0 Å². The van der Waals surface area contributed by atoms with E-state index in [-0.39, 0.29) is 18.2 Å². The number of benzene rings is 1. The van der Waals surface area contributed by atoms with E-state index < -0.39 is 10.0 Å². The van der Waals surface area contributed by atoms with Crippen LogP contribution in [0.3, 0.4) is 0 Å². The predicted octanol–water partition coefficient (Wildman–Crippen LogP) is 4.25. The summed E-state index contributed by atoms with van der Waals surface area (Å²) < 4.78 is 32.5. The van der Waals surface area contributed by atoms with E-state index in [1.165, 1.54) is 6.26 Å². The molecular formula is C28H29N7O3S. The van der Waals surface area contributed by atoms with Crippen molar-refractivity contribution in [3.63, 3.8) is 0 Å². The van der Waals surface area contributed by atoms with E-state index in [0.29, 0.717) is 13.1 Å². The lowest BCUT2D eigenvalue weighted by Gasteiger charge is -2.40. The highest BCUT2D eigenvalue weighted by Gasteiger charge is 2.44. The van der Waals surface area contributed by atoms with Crippen molar-refractivity contribution in [2.24, 2.45) is 0 Å². The summed E-state index contributed by atoms with van der Waals surface area (Å²) >= 11 is 0. The third kappa shape index (κ3) is 4.22. The number of aromatic amines is 2. The van der Waals surface area contributed by atoms with Crippen LogP contribution in [-0.2, 0) is 10.0 Å². The molecule has 200 valence electrons. The Bertz CT molecular complexity index is 1770. The molecule has 11 heteroatoms. The molecule has 0 aliphatic carbocycles. The average Bonchev–Trinajstić information content (AvgIpc) is 3.64. The molecule has 1 aromatic carbocycles. The summed E-state index contributed by atoms with van der Waals surface area (Å²) in [5, 5.41) is 9.69. The number of aromatic nitrogens is 5. The first-order valence-corrected chi connectivity index (χ1v) is 15.0. The minimum Gasteiger partial charge on any atom is -0.486 e. The van der Waals surface area contributed by atoms with Gasteiger partial charge in [0, 0.05) is 65.7 Å². The van der Waals surface area contributed by atoms with Crippen LogP contribution in [0.2, 0.25) is 0 Å². The summed E-state index contributed by atoms with van der Waals surface area (Å²) in [6.45, 7) is 3.35. The maximum absolute atomic E-state index is 12.2. The van der Waals surface area contributed by atoms with Crippen LogP contribution >= 0.6 is 0 Å². The first-order valence-electron chi connectivity index (χ1n) is 13.1. The van der Waals surface area contributed by atoms with Crippen LogP contribution in [0.15, 0.2) is 61.1 Å². The van der Waals surface area contributed by atoms with Crippen molar-refractivity contribution in [3.05, 3.63) is 66.6 Å². The first kappa shape index (κ1) is 24.1. The maximum atomic E-state index is 12.2.